The molecule has 2 N–H and O–H groups in total. The molecule has 0 aliphatic heterocycles. The smallest absolute Gasteiger partial charge is 0.307 e. The van der Waals surface area contributed by atoms with Crippen LogP contribution in [0.3, 0.4) is 0 Å². The van der Waals surface area contributed by atoms with Crippen molar-refractivity contribution in [1.29, 1.82) is 0 Å². The highest BCUT2D eigenvalue weighted by molar-refractivity contribution is 9.10. The zero-order valence-corrected chi connectivity index (χ0v) is 12.9. The molecule has 1 aromatic rings. The molecule has 2 rings (SSSR count). The molecule has 3 atom stereocenters. The number of rotatable bonds is 4. The molecule has 0 unspecified atom stereocenters. The highest BCUT2D eigenvalue weighted by Crippen LogP contribution is 2.32. The molecule has 1 aliphatic carbocycles. The SMILES string of the molecule is C[C@@H](NC(=O)[C@@H]1CCC[C@@H]1C(=O)O)c1cccc(Br)c1. The molecule has 0 aromatic heterocycles. The average Bonchev–Trinajstić information content (AvgIpc) is 2.88. The first-order valence-electron chi connectivity index (χ1n) is 6.77. The van der Waals surface area contributed by atoms with E-state index in [4.69, 9.17) is 5.11 Å². The van der Waals surface area contributed by atoms with E-state index >= 15 is 0 Å². The number of carbonyl (C=O) groups excluding carboxylic acids is 1. The minimum atomic E-state index is -0.863. The minimum Gasteiger partial charge on any atom is -0.481 e. The molecule has 0 saturated heterocycles. The van der Waals surface area contributed by atoms with Gasteiger partial charge in [-0.25, -0.2) is 0 Å². The van der Waals surface area contributed by atoms with Gasteiger partial charge in [0.2, 0.25) is 5.91 Å². The summed E-state index contributed by atoms with van der Waals surface area (Å²) in [6, 6.07) is 7.61. The van der Waals surface area contributed by atoms with Crippen molar-refractivity contribution >= 4 is 27.8 Å². The van der Waals surface area contributed by atoms with E-state index in [0.29, 0.717) is 12.8 Å². The number of benzene rings is 1. The molecule has 1 aliphatic rings. The number of carboxylic acid groups (broad SMARTS) is 1. The summed E-state index contributed by atoms with van der Waals surface area (Å²) in [4.78, 5) is 23.4. The summed E-state index contributed by atoms with van der Waals surface area (Å²) >= 11 is 3.40. The van der Waals surface area contributed by atoms with Crippen molar-refractivity contribution in [3.63, 3.8) is 0 Å². The van der Waals surface area contributed by atoms with Crippen molar-refractivity contribution in [2.45, 2.75) is 32.2 Å². The molecule has 1 saturated carbocycles. The van der Waals surface area contributed by atoms with E-state index in [2.05, 4.69) is 21.2 Å². The second kappa shape index (κ2) is 6.39. The van der Waals surface area contributed by atoms with Gasteiger partial charge < -0.3 is 10.4 Å². The molecule has 1 aromatic carbocycles. The van der Waals surface area contributed by atoms with Gasteiger partial charge in [-0.1, -0.05) is 34.5 Å². The van der Waals surface area contributed by atoms with Crippen LogP contribution in [0.2, 0.25) is 0 Å². The lowest BCUT2D eigenvalue weighted by molar-refractivity contribution is -0.146. The summed E-state index contributed by atoms with van der Waals surface area (Å²) in [7, 11) is 0. The van der Waals surface area contributed by atoms with Gasteiger partial charge in [0, 0.05) is 4.47 Å². The maximum atomic E-state index is 12.2. The van der Waals surface area contributed by atoms with Crippen molar-refractivity contribution in [3.8, 4) is 0 Å². The Kier molecular flexibility index (Phi) is 4.81. The van der Waals surface area contributed by atoms with Gasteiger partial charge in [0.1, 0.15) is 0 Å². The van der Waals surface area contributed by atoms with Gasteiger partial charge in [0.25, 0.3) is 0 Å². The third-order valence-electron chi connectivity index (χ3n) is 3.88. The number of nitrogens with one attached hydrogen (secondary N) is 1. The maximum Gasteiger partial charge on any atom is 0.307 e. The standard InChI is InChI=1S/C15H18BrNO3/c1-9(10-4-2-5-11(16)8-10)17-14(18)12-6-3-7-13(12)15(19)20/h2,4-5,8-9,12-13H,3,6-7H2,1H3,(H,17,18)(H,19,20)/t9-,12-,13+/m1/s1. The van der Waals surface area contributed by atoms with E-state index < -0.39 is 17.8 Å². The van der Waals surface area contributed by atoms with E-state index in [1.807, 2.05) is 31.2 Å². The number of aliphatic carboxylic acids is 1. The Morgan fingerprint density at radius 1 is 1.35 bits per heavy atom. The summed E-state index contributed by atoms with van der Waals surface area (Å²) in [5.74, 6) is -1.95. The third-order valence-corrected chi connectivity index (χ3v) is 4.37. The normalized spacial score (nSPS) is 23.3. The molecule has 0 bridgehead atoms. The fourth-order valence-electron chi connectivity index (χ4n) is 2.75. The fourth-order valence-corrected chi connectivity index (χ4v) is 3.17. The Labute approximate surface area is 126 Å². The molecule has 1 fully saturated rings. The highest BCUT2D eigenvalue weighted by Gasteiger charge is 2.38. The van der Waals surface area contributed by atoms with Crippen LogP contribution in [-0.4, -0.2) is 17.0 Å². The van der Waals surface area contributed by atoms with Gasteiger partial charge in [-0.3, -0.25) is 9.59 Å². The second-order valence-electron chi connectivity index (χ2n) is 5.27. The topological polar surface area (TPSA) is 66.4 Å². The Morgan fingerprint density at radius 3 is 2.70 bits per heavy atom. The van der Waals surface area contributed by atoms with Gasteiger partial charge in [0.15, 0.2) is 0 Å². The first-order chi connectivity index (χ1) is 9.49. The predicted octanol–water partition coefficient (Wildman–Crippen LogP) is 3.13. The first kappa shape index (κ1) is 15.0. The van der Waals surface area contributed by atoms with E-state index in [0.717, 1.165) is 16.5 Å². The molecule has 0 spiro atoms. The monoisotopic (exact) mass is 339 g/mol. The fraction of sp³-hybridized carbons (Fsp3) is 0.467. The Balaban J connectivity index is 2.02. The van der Waals surface area contributed by atoms with Crippen LogP contribution in [0.15, 0.2) is 28.7 Å². The van der Waals surface area contributed by atoms with Gasteiger partial charge in [-0.15, -0.1) is 0 Å². The van der Waals surface area contributed by atoms with Crippen LogP contribution in [0, 0.1) is 11.8 Å². The molecule has 0 radical (unpaired) electrons. The van der Waals surface area contributed by atoms with Crippen molar-refractivity contribution < 1.29 is 14.7 Å². The van der Waals surface area contributed by atoms with Crippen LogP contribution < -0.4 is 5.32 Å². The lowest BCUT2D eigenvalue weighted by atomic mass is 9.94. The number of hydrogen-bond donors (Lipinski definition) is 2. The van der Waals surface area contributed by atoms with Crippen LogP contribution in [0.25, 0.3) is 0 Å². The molecular formula is C15H18BrNO3. The summed E-state index contributed by atoms with van der Waals surface area (Å²) in [6.07, 6.45) is 2.06. The first-order valence-corrected chi connectivity index (χ1v) is 7.57. The number of carboxylic acids is 1. The van der Waals surface area contributed by atoms with Gasteiger partial charge in [0.05, 0.1) is 17.9 Å². The van der Waals surface area contributed by atoms with Crippen LogP contribution in [-0.2, 0) is 9.59 Å². The Bertz CT molecular complexity index is 518. The highest BCUT2D eigenvalue weighted by atomic mass is 79.9. The molecular weight excluding hydrogens is 322 g/mol. The largest absolute Gasteiger partial charge is 0.481 e. The molecule has 108 valence electrons. The van der Waals surface area contributed by atoms with Crippen molar-refractivity contribution in [2.24, 2.45) is 11.8 Å². The summed E-state index contributed by atoms with van der Waals surface area (Å²) in [6.45, 7) is 1.91. The van der Waals surface area contributed by atoms with Gasteiger partial charge in [-0.2, -0.15) is 0 Å². The summed E-state index contributed by atoms with van der Waals surface area (Å²) < 4.78 is 0.959. The van der Waals surface area contributed by atoms with Gasteiger partial charge in [-0.05, 0) is 37.5 Å². The molecule has 1 amide bonds. The van der Waals surface area contributed by atoms with Crippen LogP contribution >= 0.6 is 15.9 Å². The zero-order chi connectivity index (χ0) is 14.7. The van der Waals surface area contributed by atoms with Crippen molar-refractivity contribution in [3.05, 3.63) is 34.3 Å². The molecule has 0 heterocycles. The number of carbonyl (C=O) groups is 2. The van der Waals surface area contributed by atoms with Crippen LogP contribution in [0.4, 0.5) is 0 Å². The van der Waals surface area contributed by atoms with E-state index in [9.17, 15) is 9.59 Å². The number of amides is 1. The molecule has 4 nitrogen and oxygen atoms in total. The Hall–Kier alpha value is -1.36. The predicted molar refractivity (Wildman–Crippen MR) is 79.2 cm³/mol. The zero-order valence-electron chi connectivity index (χ0n) is 11.3. The van der Waals surface area contributed by atoms with E-state index in [1.54, 1.807) is 0 Å². The maximum absolute atomic E-state index is 12.2. The quantitative estimate of drug-likeness (QED) is 0.885. The minimum absolute atomic E-state index is 0.130. The number of halogens is 1. The molecule has 20 heavy (non-hydrogen) atoms. The number of hydrogen-bond acceptors (Lipinski definition) is 2. The summed E-state index contributed by atoms with van der Waals surface area (Å²) in [5.41, 5.74) is 0.998. The van der Waals surface area contributed by atoms with E-state index in [1.165, 1.54) is 0 Å². The lowest BCUT2D eigenvalue weighted by Gasteiger charge is -2.20. The van der Waals surface area contributed by atoms with E-state index in [-0.39, 0.29) is 11.9 Å². The third kappa shape index (κ3) is 3.39. The lowest BCUT2D eigenvalue weighted by Crippen LogP contribution is -2.36. The summed E-state index contributed by atoms with van der Waals surface area (Å²) in [5, 5.41) is 12.1. The van der Waals surface area contributed by atoms with Crippen molar-refractivity contribution in [2.75, 3.05) is 0 Å². The second-order valence-corrected chi connectivity index (χ2v) is 6.18. The Morgan fingerprint density at radius 2 is 2.05 bits per heavy atom. The van der Waals surface area contributed by atoms with Gasteiger partial charge >= 0.3 is 5.97 Å². The molecule has 5 heteroatoms. The van der Waals surface area contributed by atoms with Crippen LogP contribution in [0.1, 0.15) is 37.8 Å². The average molecular weight is 340 g/mol. The van der Waals surface area contributed by atoms with Crippen LogP contribution in [0.5, 0.6) is 0 Å². The van der Waals surface area contributed by atoms with Crippen molar-refractivity contribution in [1.82, 2.24) is 5.32 Å².